The lowest BCUT2D eigenvalue weighted by Crippen LogP contribution is -2.26. The number of ether oxygens (including phenoxy) is 1. The highest BCUT2D eigenvalue weighted by Gasteiger charge is 2.26. The molecule has 7 nitrogen and oxygen atoms in total. The number of hydrogen-bond donors (Lipinski definition) is 1. The lowest BCUT2D eigenvalue weighted by atomic mass is 10.1. The van der Waals surface area contributed by atoms with Crippen LogP contribution in [0.1, 0.15) is 12.1 Å². The van der Waals surface area contributed by atoms with Crippen LogP contribution in [0.3, 0.4) is 0 Å². The lowest BCUT2D eigenvalue weighted by Gasteiger charge is -2.19. The van der Waals surface area contributed by atoms with Gasteiger partial charge in [0.2, 0.25) is 0 Å². The van der Waals surface area contributed by atoms with Crippen LogP contribution in [0.5, 0.6) is 5.75 Å². The van der Waals surface area contributed by atoms with Crippen molar-refractivity contribution in [2.24, 2.45) is 7.05 Å². The summed E-state index contributed by atoms with van der Waals surface area (Å²) in [7, 11) is 1.93. The Morgan fingerprint density at radius 1 is 1.33 bits per heavy atom. The Morgan fingerprint density at radius 3 is 2.96 bits per heavy atom. The number of anilines is 1. The molecule has 1 atom stereocenters. The molecule has 0 spiro atoms. The average molecular weight is 386 g/mol. The minimum absolute atomic E-state index is 0.0191. The van der Waals surface area contributed by atoms with E-state index in [2.05, 4.69) is 21.4 Å². The molecule has 8 heteroatoms. The standard InChI is InChI=1S/C19H20ClN5O2/c1-12-16(9-22-24(12)2)13-4-3-5-14(8-13)27-15-6-7-25(11-15)17-10-21-23-19(26)18(17)20/h3-5,8-10,15H,6-7,11H2,1-2H3,(H,23,26)/t15-/m1/s1. The highest BCUT2D eigenvalue weighted by Crippen LogP contribution is 2.29. The number of rotatable bonds is 4. The van der Waals surface area contributed by atoms with E-state index in [1.165, 1.54) is 0 Å². The minimum Gasteiger partial charge on any atom is -0.488 e. The summed E-state index contributed by atoms with van der Waals surface area (Å²) in [5.74, 6) is 0.817. The molecule has 0 unspecified atom stereocenters. The van der Waals surface area contributed by atoms with Crippen LogP contribution < -0.4 is 15.2 Å². The molecule has 1 saturated heterocycles. The summed E-state index contributed by atoms with van der Waals surface area (Å²) >= 11 is 6.11. The van der Waals surface area contributed by atoms with Crippen LogP contribution in [-0.2, 0) is 7.05 Å². The second-order valence-electron chi connectivity index (χ2n) is 6.67. The van der Waals surface area contributed by atoms with Gasteiger partial charge in [-0.1, -0.05) is 23.7 Å². The third-order valence-corrected chi connectivity index (χ3v) is 5.31. The van der Waals surface area contributed by atoms with Gasteiger partial charge in [0.15, 0.2) is 0 Å². The molecule has 0 aliphatic carbocycles. The zero-order valence-corrected chi connectivity index (χ0v) is 15.9. The maximum Gasteiger partial charge on any atom is 0.285 e. The van der Waals surface area contributed by atoms with Gasteiger partial charge in [0.05, 0.1) is 24.6 Å². The van der Waals surface area contributed by atoms with E-state index in [9.17, 15) is 4.79 Å². The van der Waals surface area contributed by atoms with Crippen LogP contribution in [0.15, 0.2) is 41.5 Å². The van der Waals surface area contributed by atoms with Gasteiger partial charge >= 0.3 is 0 Å². The highest BCUT2D eigenvalue weighted by molar-refractivity contribution is 6.33. The smallest absolute Gasteiger partial charge is 0.285 e. The number of nitrogens with zero attached hydrogens (tertiary/aromatic N) is 4. The fourth-order valence-corrected chi connectivity index (χ4v) is 3.56. The number of aromatic nitrogens is 4. The fourth-order valence-electron chi connectivity index (χ4n) is 3.35. The van der Waals surface area contributed by atoms with Crippen molar-refractivity contribution in [3.05, 3.63) is 57.7 Å². The predicted octanol–water partition coefficient (Wildman–Crippen LogP) is 2.79. The molecule has 1 N–H and O–H groups in total. The number of halogens is 1. The van der Waals surface area contributed by atoms with Gasteiger partial charge in [0.1, 0.15) is 16.9 Å². The first-order valence-electron chi connectivity index (χ1n) is 8.77. The second-order valence-corrected chi connectivity index (χ2v) is 7.05. The first kappa shape index (κ1) is 17.6. The van der Waals surface area contributed by atoms with Crippen LogP contribution in [0.2, 0.25) is 5.02 Å². The summed E-state index contributed by atoms with van der Waals surface area (Å²) < 4.78 is 8.05. The fraction of sp³-hybridized carbons (Fsp3) is 0.316. The molecule has 0 saturated carbocycles. The maximum absolute atomic E-state index is 11.7. The van der Waals surface area contributed by atoms with E-state index in [4.69, 9.17) is 16.3 Å². The van der Waals surface area contributed by atoms with Crippen LogP contribution in [0, 0.1) is 6.92 Å². The largest absolute Gasteiger partial charge is 0.488 e. The molecular weight excluding hydrogens is 366 g/mol. The molecule has 3 heterocycles. The van der Waals surface area contributed by atoms with Gasteiger partial charge in [-0.3, -0.25) is 9.48 Å². The number of benzene rings is 1. The monoisotopic (exact) mass is 385 g/mol. The molecule has 0 amide bonds. The molecule has 1 aliphatic rings. The van der Waals surface area contributed by atoms with E-state index < -0.39 is 0 Å². The quantitative estimate of drug-likeness (QED) is 0.747. The maximum atomic E-state index is 11.7. The zero-order chi connectivity index (χ0) is 19.0. The topological polar surface area (TPSA) is 76.0 Å². The normalized spacial score (nSPS) is 16.7. The molecule has 0 bridgehead atoms. The summed E-state index contributed by atoms with van der Waals surface area (Å²) in [4.78, 5) is 13.7. The van der Waals surface area contributed by atoms with Crippen molar-refractivity contribution >= 4 is 17.3 Å². The second kappa shape index (κ2) is 7.08. The molecule has 27 heavy (non-hydrogen) atoms. The van der Waals surface area contributed by atoms with Crippen molar-refractivity contribution in [1.29, 1.82) is 0 Å². The average Bonchev–Trinajstić information content (AvgIpc) is 3.25. The van der Waals surface area contributed by atoms with E-state index in [1.807, 2.05) is 47.9 Å². The van der Waals surface area contributed by atoms with Crippen molar-refractivity contribution in [1.82, 2.24) is 20.0 Å². The van der Waals surface area contributed by atoms with Gasteiger partial charge in [0, 0.05) is 31.3 Å². The van der Waals surface area contributed by atoms with E-state index in [0.29, 0.717) is 12.2 Å². The Morgan fingerprint density at radius 2 is 2.19 bits per heavy atom. The van der Waals surface area contributed by atoms with Crippen molar-refractivity contribution in [3.8, 4) is 16.9 Å². The predicted molar refractivity (Wildman–Crippen MR) is 104 cm³/mol. The molecule has 3 aromatic rings. The molecule has 1 aliphatic heterocycles. The number of nitrogens with one attached hydrogen (secondary N) is 1. The summed E-state index contributed by atoms with van der Waals surface area (Å²) in [6.07, 6.45) is 4.32. The van der Waals surface area contributed by atoms with E-state index in [1.54, 1.807) is 6.20 Å². The molecule has 1 aromatic carbocycles. The molecule has 140 valence electrons. The first-order valence-corrected chi connectivity index (χ1v) is 9.14. The minimum atomic E-state index is -0.377. The number of aromatic amines is 1. The SMILES string of the molecule is Cc1c(-c2cccc(O[C@@H]3CCN(c4cn[nH]c(=O)c4Cl)C3)c2)cnn1C. The van der Waals surface area contributed by atoms with Gasteiger partial charge in [-0.15, -0.1) is 0 Å². The third-order valence-electron chi connectivity index (χ3n) is 4.95. The Balaban J connectivity index is 1.49. The van der Waals surface area contributed by atoms with Crippen LogP contribution >= 0.6 is 11.6 Å². The first-order chi connectivity index (χ1) is 13.0. The van der Waals surface area contributed by atoms with Gasteiger partial charge in [-0.25, -0.2) is 5.10 Å². The lowest BCUT2D eigenvalue weighted by molar-refractivity contribution is 0.225. The van der Waals surface area contributed by atoms with Gasteiger partial charge < -0.3 is 9.64 Å². The molecule has 2 aromatic heterocycles. The Bertz CT molecular complexity index is 1030. The van der Waals surface area contributed by atoms with Crippen molar-refractivity contribution < 1.29 is 4.74 Å². The van der Waals surface area contributed by atoms with Crippen LogP contribution in [0.25, 0.3) is 11.1 Å². The van der Waals surface area contributed by atoms with Crippen molar-refractivity contribution in [2.45, 2.75) is 19.4 Å². The molecule has 1 fully saturated rings. The zero-order valence-electron chi connectivity index (χ0n) is 15.1. The van der Waals surface area contributed by atoms with E-state index in [-0.39, 0.29) is 16.7 Å². The number of H-pyrrole nitrogens is 1. The van der Waals surface area contributed by atoms with Crippen LogP contribution in [0.4, 0.5) is 5.69 Å². The summed E-state index contributed by atoms with van der Waals surface area (Å²) in [5, 5.41) is 10.7. The highest BCUT2D eigenvalue weighted by atomic mass is 35.5. The summed E-state index contributed by atoms with van der Waals surface area (Å²) in [6, 6.07) is 8.04. The Labute approximate surface area is 161 Å². The van der Waals surface area contributed by atoms with Crippen molar-refractivity contribution in [2.75, 3.05) is 18.0 Å². The third kappa shape index (κ3) is 3.42. The molecular formula is C19H20ClN5O2. The Hall–Kier alpha value is -2.80. The Kier molecular flexibility index (Phi) is 4.61. The number of aryl methyl sites for hydroxylation is 1. The van der Waals surface area contributed by atoms with Gasteiger partial charge in [-0.2, -0.15) is 10.2 Å². The van der Waals surface area contributed by atoms with E-state index in [0.717, 1.165) is 35.5 Å². The van der Waals surface area contributed by atoms with Crippen molar-refractivity contribution in [3.63, 3.8) is 0 Å². The van der Waals surface area contributed by atoms with E-state index >= 15 is 0 Å². The molecule has 4 rings (SSSR count). The molecule has 0 radical (unpaired) electrons. The van der Waals surface area contributed by atoms with Gasteiger partial charge in [0.25, 0.3) is 5.56 Å². The number of hydrogen-bond acceptors (Lipinski definition) is 5. The van der Waals surface area contributed by atoms with Crippen LogP contribution in [-0.4, -0.2) is 39.2 Å². The van der Waals surface area contributed by atoms with Gasteiger partial charge in [-0.05, 0) is 24.6 Å². The summed E-state index contributed by atoms with van der Waals surface area (Å²) in [6.45, 7) is 3.46. The summed E-state index contributed by atoms with van der Waals surface area (Å²) in [5.41, 5.74) is 3.55.